The maximum absolute atomic E-state index is 13.1. The van der Waals surface area contributed by atoms with E-state index in [1.54, 1.807) is 24.3 Å². The number of piperazine rings is 1. The lowest BCUT2D eigenvalue weighted by Crippen LogP contribution is -2.46. The molecule has 4 rings (SSSR count). The van der Waals surface area contributed by atoms with Crippen molar-refractivity contribution >= 4 is 17.3 Å². The van der Waals surface area contributed by atoms with E-state index in [0.29, 0.717) is 17.3 Å². The minimum absolute atomic E-state index is 0.190. The molecule has 1 fully saturated rings. The van der Waals surface area contributed by atoms with Crippen molar-refractivity contribution in [3.63, 3.8) is 0 Å². The van der Waals surface area contributed by atoms with Crippen molar-refractivity contribution in [2.45, 2.75) is 13.2 Å². The zero-order valence-corrected chi connectivity index (χ0v) is 17.1. The molecule has 0 atom stereocenters. The first-order chi connectivity index (χ1) is 14.6. The Morgan fingerprint density at radius 3 is 2.37 bits per heavy atom. The summed E-state index contributed by atoms with van der Waals surface area (Å²) in [5.41, 5.74) is 1.74. The second-order valence-corrected chi connectivity index (χ2v) is 7.67. The SMILES string of the molecule is O=c1cc(CN2CCN(c3ccc(F)cc3)CC2)occ1OCc1ccc(Cl)cc1. The fourth-order valence-corrected chi connectivity index (χ4v) is 3.53. The average molecular weight is 429 g/mol. The van der Waals surface area contributed by atoms with Gasteiger partial charge < -0.3 is 14.1 Å². The highest BCUT2D eigenvalue weighted by molar-refractivity contribution is 6.30. The summed E-state index contributed by atoms with van der Waals surface area (Å²) in [6.07, 6.45) is 1.38. The molecular weight excluding hydrogens is 407 g/mol. The number of ether oxygens (including phenoxy) is 1. The van der Waals surface area contributed by atoms with Crippen LogP contribution < -0.4 is 15.1 Å². The van der Waals surface area contributed by atoms with E-state index in [4.69, 9.17) is 20.8 Å². The molecule has 5 nitrogen and oxygen atoms in total. The normalized spacial score (nSPS) is 14.7. The van der Waals surface area contributed by atoms with Gasteiger partial charge in [0.05, 0.1) is 6.54 Å². The van der Waals surface area contributed by atoms with E-state index in [9.17, 15) is 9.18 Å². The Labute approximate surface area is 179 Å². The molecule has 0 N–H and O–H groups in total. The predicted octanol–water partition coefficient (Wildman–Crippen LogP) is 4.33. The van der Waals surface area contributed by atoms with E-state index in [1.165, 1.54) is 24.5 Å². The number of benzene rings is 2. The van der Waals surface area contributed by atoms with Gasteiger partial charge in [-0.15, -0.1) is 0 Å². The van der Waals surface area contributed by atoms with E-state index in [1.807, 2.05) is 12.1 Å². The molecule has 0 aliphatic carbocycles. The molecule has 1 saturated heterocycles. The van der Waals surface area contributed by atoms with Crippen LogP contribution in [-0.2, 0) is 13.2 Å². The van der Waals surface area contributed by atoms with E-state index in [0.717, 1.165) is 37.4 Å². The molecule has 3 aromatic rings. The molecular formula is C23H22ClFN2O3. The van der Waals surface area contributed by atoms with Crippen LogP contribution in [0.25, 0.3) is 0 Å². The molecule has 2 heterocycles. The maximum Gasteiger partial charge on any atom is 0.227 e. The molecule has 0 amide bonds. The maximum atomic E-state index is 13.1. The van der Waals surface area contributed by atoms with Crippen LogP contribution in [0.4, 0.5) is 10.1 Å². The first-order valence-electron chi connectivity index (χ1n) is 9.79. The monoisotopic (exact) mass is 428 g/mol. The summed E-state index contributed by atoms with van der Waals surface area (Å²) >= 11 is 5.87. The Kier molecular flexibility index (Phi) is 6.35. The number of hydrogen-bond acceptors (Lipinski definition) is 5. The van der Waals surface area contributed by atoms with E-state index in [-0.39, 0.29) is 23.6 Å². The summed E-state index contributed by atoms with van der Waals surface area (Å²) in [7, 11) is 0. The van der Waals surface area contributed by atoms with E-state index in [2.05, 4.69) is 9.80 Å². The van der Waals surface area contributed by atoms with Gasteiger partial charge in [-0.05, 0) is 42.0 Å². The van der Waals surface area contributed by atoms with Crippen molar-refractivity contribution in [2.75, 3.05) is 31.1 Å². The van der Waals surface area contributed by atoms with Crippen LogP contribution in [0, 0.1) is 5.82 Å². The van der Waals surface area contributed by atoms with Gasteiger partial charge in [0, 0.05) is 43.0 Å². The van der Waals surface area contributed by atoms with Gasteiger partial charge in [0.1, 0.15) is 24.4 Å². The highest BCUT2D eigenvalue weighted by Crippen LogP contribution is 2.18. The molecule has 156 valence electrons. The van der Waals surface area contributed by atoms with Crippen molar-refractivity contribution in [3.05, 3.63) is 93.2 Å². The summed E-state index contributed by atoms with van der Waals surface area (Å²) in [4.78, 5) is 16.8. The first-order valence-corrected chi connectivity index (χ1v) is 10.2. The molecule has 7 heteroatoms. The van der Waals surface area contributed by atoms with Crippen LogP contribution in [0.5, 0.6) is 5.75 Å². The Morgan fingerprint density at radius 1 is 1.00 bits per heavy atom. The third-order valence-corrected chi connectivity index (χ3v) is 5.36. The molecule has 0 saturated carbocycles. The summed E-state index contributed by atoms with van der Waals surface area (Å²) in [5.74, 6) is 0.567. The largest absolute Gasteiger partial charge is 0.482 e. The van der Waals surface area contributed by atoms with Gasteiger partial charge in [-0.3, -0.25) is 9.69 Å². The summed E-state index contributed by atoms with van der Waals surface area (Å²) in [6, 6.07) is 15.3. The van der Waals surface area contributed by atoms with Crippen LogP contribution in [0.2, 0.25) is 5.02 Å². The van der Waals surface area contributed by atoms with Gasteiger partial charge in [-0.1, -0.05) is 23.7 Å². The smallest absolute Gasteiger partial charge is 0.227 e. The zero-order chi connectivity index (χ0) is 20.9. The van der Waals surface area contributed by atoms with Gasteiger partial charge >= 0.3 is 0 Å². The molecule has 0 unspecified atom stereocenters. The fraction of sp³-hybridized carbons (Fsp3) is 0.261. The van der Waals surface area contributed by atoms with Crippen molar-refractivity contribution in [2.24, 2.45) is 0 Å². The lowest BCUT2D eigenvalue weighted by molar-refractivity contribution is 0.224. The average Bonchev–Trinajstić information content (AvgIpc) is 2.76. The third-order valence-electron chi connectivity index (χ3n) is 5.10. The Morgan fingerprint density at radius 2 is 1.70 bits per heavy atom. The van der Waals surface area contributed by atoms with Crippen molar-refractivity contribution in [1.29, 1.82) is 0 Å². The predicted molar refractivity (Wildman–Crippen MR) is 115 cm³/mol. The molecule has 0 bridgehead atoms. The summed E-state index contributed by atoms with van der Waals surface area (Å²) < 4.78 is 24.3. The molecule has 1 aliphatic rings. The number of halogens is 2. The van der Waals surface area contributed by atoms with Gasteiger partial charge in [-0.2, -0.15) is 0 Å². The van der Waals surface area contributed by atoms with Gasteiger partial charge in [0.2, 0.25) is 11.2 Å². The second kappa shape index (κ2) is 9.32. The summed E-state index contributed by atoms with van der Waals surface area (Å²) in [5, 5.41) is 0.654. The molecule has 2 aromatic carbocycles. The minimum atomic E-state index is -0.229. The first kappa shape index (κ1) is 20.4. The third kappa shape index (κ3) is 5.20. The molecule has 30 heavy (non-hydrogen) atoms. The van der Waals surface area contributed by atoms with Crippen LogP contribution in [-0.4, -0.2) is 31.1 Å². The van der Waals surface area contributed by atoms with Crippen LogP contribution in [0.15, 0.2) is 70.1 Å². The lowest BCUT2D eigenvalue weighted by Gasteiger charge is -2.35. The van der Waals surface area contributed by atoms with Crippen LogP contribution in [0.3, 0.4) is 0 Å². The highest BCUT2D eigenvalue weighted by Gasteiger charge is 2.18. The van der Waals surface area contributed by atoms with Crippen LogP contribution in [0.1, 0.15) is 11.3 Å². The Hall–Kier alpha value is -2.83. The molecule has 1 aliphatic heterocycles. The minimum Gasteiger partial charge on any atom is -0.482 e. The van der Waals surface area contributed by atoms with Gasteiger partial charge in [0.25, 0.3) is 0 Å². The van der Waals surface area contributed by atoms with E-state index >= 15 is 0 Å². The topological polar surface area (TPSA) is 45.9 Å². The molecule has 0 spiro atoms. The van der Waals surface area contributed by atoms with Crippen molar-refractivity contribution in [1.82, 2.24) is 4.90 Å². The van der Waals surface area contributed by atoms with Crippen molar-refractivity contribution < 1.29 is 13.5 Å². The van der Waals surface area contributed by atoms with Crippen LogP contribution >= 0.6 is 11.6 Å². The lowest BCUT2D eigenvalue weighted by atomic mass is 10.2. The fourth-order valence-electron chi connectivity index (χ4n) is 3.40. The Bertz CT molecular complexity index is 1030. The second-order valence-electron chi connectivity index (χ2n) is 7.23. The highest BCUT2D eigenvalue weighted by atomic mass is 35.5. The van der Waals surface area contributed by atoms with Gasteiger partial charge in [-0.25, -0.2) is 4.39 Å². The van der Waals surface area contributed by atoms with Gasteiger partial charge in [0.15, 0.2) is 0 Å². The van der Waals surface area contributed by atoms with Crippen molar-refractivity contribution in [3.8, 4) is 5.75 Å². The number of rotatable bonds is 6. The number of nitrogens with zero attached hydrogens (tertiary/aromatic N) is 2. The zero-order valence-electron chi connectivity index (χ0n) is 16.4. The molecule has 1 aromatic heterocycles. The summed E-state index contributed by atoms with van der Waals surface area (Å²) in [6.45, 7) is 4.15. The number of hydrogen-bond donors (Lipinski definition) is 0. The number of anilines is 1. The Balaban J connectivity index is 1.30. The quantitative estimate of drug-likeness (QED) is 0.584. The molecule has 0 radical (unpaired) electrons. The van der Waals surface area contributed by atoms with E-state index < -0.39 is 0 Å². The standard InChI is InChI=1S/C23H22ClFN2O3/c24-18-3-1-17(2-4-18)15-30-23-16-29-21(13-22(23)28)14-26-9-11-27(12-10-26)20-7-5-19(25)6-8-20/h1-8,13,16H,9-12,14-15H2.